The summed E-state index contributed by atoms with van der Waals surface area (Å²) in [5.41, 5.74) is 0. The van der Waals surface area contributed by atoms with Gasteiger partial charge < -0.3 is 10.2 Å². The maximum Gasteiger partial charge on any atom is 0.342 e. The van der Waals surface area contributed by atoms with E-state index >= 15 is 0 Å². The Balaban J connectivity index is -0.0000000221. The number of methoxy groups -OCH3 is 1. The van der Waals surface area contributed by atoms with Crippen LogP contribution >= 0.6 is 0 Å². The summed E-state index contributed by atoms with van der Waals surface area (Å²) in [7, 11) is 0.828. The SMILES string of the molecule is C.C=C.CC.CC.COC(F)=C(F)F.O. The van der Waals surface area contributed by atoms with Crippen LogP contribution in [-0.4, -0.2) is 12.6 Å². The summed E-state index contributed by atoms with van der Waals surface area (Å²) < 4.78 is 36.3. The minimum atomic E-state index is -2.43. The first-order chi connectivity index (χ1) is 6.18. The zero-order valence-electron chi connectivity index (χ0n) is 9.46. The van der Waals surface area contributed by atoms with E-state index in [0.29, 0.717) is 0 Å². The quantitative estimate of drug-likeness (QED) is 0.491. The number of hydrogen-bond donors (Lipinski definition) is 0. The molecule has 0 rings (SSSR count). The first-order valence-corrected chi connectivity index (χ1v) is 3.93. The zero-order valence-corrected chi connectivity index (χ0v) is 9.46. The third-order valence-corrected chi connectivity index (χ3v) is 0.328. The van der Waals surface area contributed by atoms with Crippen LogP contribution in [0.25, 0.3) is 0 Å². The Morgan fingerprint density at radius 2 is 1.13 bits per heavy atom. The second-order valence-corrected chi connectivity index (χ2v) is 0.738. The molecule has 0 unspecified atom stereocenters. The smallest absolute Gasteiger partial charge is 0.342 e. The molecule has 2 nitrogen and oxygen atoms in total. The Bertz CT molecular complexity index is 103. The van der Waals surface area contributed by atoms with Crippen LogP contribution < -0.4 is 0 Å². The van der Waals surface area contributed by atoms with Gasteiger partial charge in [-0.1, -0.05) is 35.1 Å². The number of hydrogen-bond acceptors (Lipinski definition) is 1. The summed E-state index contributed by atoms with van der Waals surface area (Å²) in [6, 6.07) is -1.82. The van der Waals surface area contributed by atoms with Gasteiger partial charge in [0, 0.05) is 0 Å². The zero-order chi connectivity index (χ0) is 11.9. The highest BCUT2D eigenvalue weighted by Gasteiger charge is 2.00. The third-order valence-electron chi connectivity index (χ3n) is 0.328. The molecule has 0 atom stereocenters. The van der Waals surface area contributed by atoms with Crippen molar-refractivity contribution >= 4 is 0 Å². The van der Waals surface area contributed by atoms with Crippen molar-refractivity contribution in [2.24, 2.45) is 0 Å². The summed E-state index contributed by atoms with van der Waals surface area (Å²) in [5, 5.41) is 0. The number of halogens is 3. The van der Waals surface area contributed by atoms with Crippen LogP contribution in [-0.2, 0) is 4.74 Å². The molecule has 0 aromatic carbocycles. The normalized spacial score (nSPS) is 4.80. The second-order valence-electron chi connectivity index (χ2n) is 0.738. The predicted molar refractivity (Wildman–Crippen MR) is 61.7 cm³/mol. The van der Waals surface area contributed by atoms with E-state index < -0.39 is 12.1 Å². The van der Waals surface area contributed by atoms with Gasteiger partial charge in [0.15, 0.2) is 0 Å². The van der Waals surface area contributed by atoms with Gasteiger partial charge in [-0.05, 0) is 0 Å². The Labute approximate surface area is 91.8 Å². The molecule has 0 heterocycles. The van der Waals surface area contributed by atoms with Gasteiger partial charge in [0.25, 0.3) is 0 Å². The highest BCUT2D eigenvalue weighted by molar-refractivity contribution is 4.79. The van der Waals surface area contributed by atoms with E-state index in [-0.39, 0.29) is 12.9 Å². The predicted octanol–water partition coefficient (Wildman–Crippen LogP) is 4.33. The molecule has 0 aliphatic heterocycles. The summed E-state index contributed by atoms with van der Waals surface area (Å²) in [6.07, 6.45) is -2.43. The lowest BCUT2D eigenvalue weighted by atomic mass is 11.0. The van der Waals surface area contributed by atoms with Gasteiger partial charge in [0.05, 0.1) is 7.11 Å². The molecule has 0 aromatic heterocycles. The lowest BCUT2D eigenvalue weighted by Crippen LogP contribution is -1.76. The summed E-state index contributed by atoms with van der Waals surface area (Å²) in [4.78, 5) is 0. The molecule has 0 saturated carbocycles. The topological polar surface area (TPSA) is 40.7 Å². The fourth-order valence-electron chi connectivity index (χ4n) is 0.0772. The van der Waals surface area contributed by atoms with Crippen molar-refractivity contribution in [2.75, 3.05) is 7.11 Å². The molecule has 0 spiro atoms. The maximum absolute atomic E-state index is 11.2. The Kier molecular flexibility index (Phi) is 128. The fourth-order valence-corrected chi connectivity index (χ4v) is 0.0772. The first-order valence-electron chi connectivity index (χ1n) is 3.93. The summed E-state index contributed by atoms with van der Waals surface area (Å²) >= 11 is 0. The molecule has 0 amide bonds. The van der Waals surface area contributed by atoms with E-state index in [4.69, 9.17) is 0 Å². The van der Waals surface area contributed by atoms with Crippen LogP contribution in [0.4, 0.5) is 13.2 Å². The second kappa shape index (κ2) is 51.9. The molecule has 0 aromatic rings. The largest absolute Gasteiger partial charge is 0.470 e. The van der Waals surface area contributed by atoms with Crippen molar-refractivity contribution in [3.63, 3.8) is 0 Å². The van der Waals surface area contributed by atoms with Crippen LogP contribution in [0.2, 0.25) is 0 Å². The third kappa shape index (κ3) is 62.7. The van der Waals surface area contributed by atoms with Crippen molar-refractivity contribution in [3.8, 4) is 0 Å². The van der Waals surface area contributed by atoms with Crippen LogP contribution in [0.3, 0.4) is 0 Å². The van der Waals surface area contributed by atoms with E-state index in [9.17, 15) is 13.2 Å². The van der Waals surface area contributed by atoms with Gasteiger partial charge >= 0.3 is 12.1 Å². The van der Waals surface area contributed by atoms with Crippen LogP contribution in [0.5, 0.6) is 0 Å². The maximum atomic E-state index is 11.2. The minimum Gasteiger partial charge on any atom is -0.470 e. The Morgan fingerprint density at radius 3 is 1.13 bits per heavy atom. The highest BCUT2D eigenvalue weighted by atomic mass is 19.3. The Hall–Kier alpha value is -0.970. The highest BCUT2D eigenvalue weighted by Crippen LogP contribution is 2.07. The molecule has 0 bridgehead atoms. The van der Waals surface area contributed by atoms with E-state index in [1.165, 1.54) is 0 Å². The average Bonchev–Trinajstić information content (AvgIpc) is 2.25. The molecule has 2 N–H and O–H groups in total. The molecule has 0 radical (unpaired) electrons. The lowest BCUT2D eigenvalue weighted by Gasteiger charge is -1.87. The Morgan fingerprint density at radius 1 is 0.933 bits per heavy atom. The molecule has 5 heteroatoms. The average molecular weight is 234 g/mol. The molecule has 0 saturated heterocycles. The standard InChI is InChI=1S/C3H3F3O.2C2H6.C2H4.CH4.H2O/c1-7-3(6)2(4)5;3*1-2;;/h1H3;2*1-2H3;1-2H2;1H4;1H2. The van der Waals surface area contributed by atoms with E-state index in [0.717, 1.165) is 7.11 Å². The fraction of sp³-hybridized carbons (Fsp3) is 0.600. The van der Waals surface area contributed by atoms with E-state index in [1.807, 2.05) is 27.7 Å². The van der Waals surface area contributed by atoms with Gasteiger partial charge in [-0.15, -0.1) is 13.2 Å². The molecular weight excluding hydrogens is 209 g/mol. The number of rotatable bonds is 1. The van der Waals surface area contributed by atoms with Crippen LogP contribution in [0.1, 0.15) is 35.1 Å². The molecule has 15 heavy (non-hydrogen) atoms. The summed E-state index contributed by atoms with van der Waals surface area (Å²) in [6.45, 7) is 14.0. The van der Waals surface area contributed by atoms with Crippen molar-refractivity contribution in [1.29, 1.82) is 0 Å². The summed E-state index contributed by atoms with van der Waals surface area (Å²) in [5.74, 6) is 0. The molecule has 98 valence electrons. The van der Waals surface area contributed by atoms with Gasteiger partial charge in [-0.3, -0.25) is 0 Å². The molecule has 0 fully saturated rings. The minimum absolute atomic E-state index is 0. The first kappa shape index (κ1) is 36.9. The van der Waals surface area contributed by atoms with Crippen molar-refractivity contribution in [2.45, 2.75) is 35.1 Å². The molecule has 0 aliphatic rings. The van der Waals surface area contributed by atoms with Gasteiger partial charge in [0.1, 0.15) is 0 Å². The van der Waals surface area contributed by atoms with Gasteiger partial charge in [-0.2, -0.15) is 13.2 Å². The van der Waals surface area contributed by atoms with Crippen molar-refractivity contribution < 1.29 is 23.4 Å². The molecule has 0 aliphatic carbocycles. The van der Waals surface area contributed by atoms with Crippen LogP contribution in [0, 0.1) is 0 Å². The lowest BCUT2D eigenvalue weighted by molar-refractivity contribution is 0.166. The van der Waals surface area contributed by atoms with E-state index in [1.54, 1.807) is 0 Å². The van der Waals surface area contributed by atoms with Gasteiger partial charge in [-0.25, -0.2) is 0 Å². The van der Waals surface area contributed by atoms with Gasteiger partial charge in [0.2, 0.25) is 0 Å². The van der Waals surface area contributed by atoms with Crippen molar-refractivity contribution in [3.05, 3.63) is 25.3 Å². The monoisotopic (exact) mass is 234 g/mol. The number of ether oxygens (including phenoxy) is 1. The van der Waals surface area contributed by atoms with Crippen LogP contribution in [0.15, 0.2) is 25.3 Å². The van der Waals surface area contributed by atoms with E-state index in [2.05, 4.69) is 17.9 Å². The molecular formula is C10H25F3O2. The van der Waals surface area contributed by atoms with Crippen molar-refractivity contribution in [1.82, 2.24) is 0 Å².